The Kier molecular flexibility index (Phi) is 4.67. The molecule has 2 rings (SSSR count). The van der Waals surface area contributed by atoms with E-state index < -0.39 is 11.7 Å². The summed E-state index contributed by atoms with van der Waals surface area (Å²) in [5, 5.41) is 6.64. The van der Waals surface area contributed by atoms with E-state index in [4.69, 9.17) is 4.52 Å². The second kappa shape index (κ2) is 6.15. The number of rotatable bonds is 4. The van der Waals surface area contributed by atoms with E-state index in [0.717, 1.165) is 6.07 Å². The molecule has 114 valence electrons. The molecule has 1 atom stereocenters. The molecular formula is C13H13BrF3N3O. The normalized spacial score (nSPS) is 13.4. The van der Waals surface area contributed by atoms with E-state index in [9.17, 15) is 13.2 Å². The summed E-state index contributed by atoms with van der Waals surface area (Å²) in [5.74, 6) is 0.232. The van der Waals surface area contributed by atoms with Crippen molar-refractivity contribution in [2.45, 2.75) is 25.6 Å². The molecule has 0 spiro atoms. The van der Waals surface area contributed by atoms with Crippen LogP contribution in [0.25, 0.3) is 11.4 Å². The first-order chi connectivity index (χ1) is 9.81. The molecule has 0 radical (unpaired) electrons. The van der Waals surface area contributed by atoms with Gasteiger partial charge in [0.05, 0.1) is 5.56 Å². The van der Waals surface area contributed by atoms with Gasteiger partial charge in [-0.05, 0) is 32.2 Å². The van der Waals surface area contributed by atoms with E-state index in [1.807, 2.05) is 6.92 Å². The highest BCUT2D eigenvalue weighted by molar-refractivity contribution is 9.10. The number of hydrogen-bond donors (Lipinski definition) is 1. The number of hydrogen-bond acceptors (Lipinski definition) is 4. The summed E-state index contributed by atoms with van der Waals surface area (Å²) in [4.78, 5) is 4.04. The summed E-state index contributed by atoms with van der Waals surface area (Å²) in [5.41, 5.74) is -0.899. The molecule has 0 amide bonds. The predicted molar refractivity (Wildman–Crippen MR) is 74.7 cm³/mol. The third-order valence-corrected chi connectivity index (χ3v) is 3.46. The lowest BCUT2D eigenvalue weighted by atomic mass is 10.1. The molecule has 0 aliphatic heterocycles. The monoisotopic (exact) mass is 363 g/mol. The van der Waals surface area contributed by atoms with Gasteiger partial charge in [-0.1, -0.05) is 21.1 Å². The molecule has 0 saturated carbocycles. The first kappa shape index (κ1) is 16.0. The number of alkyl halides is 3. The van der Waals surface area contributed by atoms with Crippen LogP contribution < -0.4 is 5.32 Å². The van der Waals surface area contributed by atoms with Gasteiger partial charge in [0.2, 0.25) is 11.7 Å². The zero-order valence-electron chi connectivity index (χ0n) is 11.3. The fraction of sp³-hybridized carbons (Fsp3) is 0.385. The highest BCUT2D eigenvalue weighted by Gasteiger charge is 2.35. The van der Waals surface area contributed by atoms with Crippen molar-refractivity contribution in [1.29, 1.82) is 0 Å². The molecule has 0 aliphatic rings. The maximum atomic E-state index is 13.1. The number of halogens is 4. The van der Waals surface area contributed by atoms with Crippen LogP contribution in [0.2, 0.25) is 0 Å². The van der Waals surface area contributed by atoms with Gasteiger partial charge in [0, 0.05) is 22.5 Å². The van der Waals surface area contributed by atoms with Gasteiger partial charge < -0.3 is 9.84 Å². The summed E-state index contributed by atoms with van der Waals surface area (Å²) in [6, 6.07) is 3.92. The maximum Gasteiger partial charge on any atom is 0.417 e. The average Bonchev–Trinajstić information content (AvgIpc) is 2.85. The van der Waals surface area contributed by atoms with E-state index in [1.165, 1.54) is 12.1 Å². The molecule has 0 bridgehead atoms. The van der Waals surface area contributed by atoms with E-state index in [1.54, 1.807) is 7.05 Å². The van der Waals surface area contributed by atoms with Gasteiger partial charge in [0.15, 0.2) is 0 Å². The van der Waals surface area contributed by atoms with Crippen LogP contribution in [0.4, 0.5) is 13.2 Å². The van der Waals surface area contributed by atoms with Gasteiger partial charge >= 0.3 is 6.18 Å². The van der Waals surface area contributed by atoms with Crippen molar-refractivity contribution in [3.05, 3.63) is 34.1 Å². The Hall–Kier alpha value is -1.41. The third-order valence-electron chi connectivity index (χ3n) is 2.97. The minimum absolute atomic E-state index is 0.0619. The molecule has 0 saturated heterocycles. The molecule has 21 heavy (non-hydrogen) atoms. The van der Waals surface area contributed by atoms with Crippen molar-refractivity contribution >= 4 is 15.9 Å². The lowest BCUT2D eigenvalue weighted by molar-refractivity contribution is -0.137. The van der Waals surface area contributed by atoms with Crippen molar-refractivity contribution in [2.75, 3.05) is 7.05 Å². The van der Waals surface area contributed by atoms with Gasteiger partial charge in [0.25, 0.3) is 0 Å². The molecule has 0 fully saturated rings. The number of benzene rings is 1. The Balaban J connectivity index is 2.39. The van der Waals surface area contributed by atoms with Gasteiger partial charge in [-0.25, -0.2) is 0 Å². The Labute approximate surface area is 127 Å². The zero-order chi connectivity index (χ0) is 15.6. The smallest absolute Gasteiger partial charge is 0.339 e. The van der Waals surface area contributed by atoms with Crippen LogP contribution in [0.5, 0.6) is 0 Å². The van der Waals surface area contributed by atoms with Crippen LogP contribution in [0, 0.1) is 0 Å². The van der Waals surface area contributed by atoms with E-state index >= 15 is 0 Å². The zero-order valence-corrected chi connectivity index (χ0v) is 12.9. The fourth-order valence-electron chi connectivity index (χ4n) is 1.76. The van der Waals surface area contributed by atoms with E-state index in [2.05, 4.69) is 31.4 Å². The average molecular weight is 364 g/mol. The lowest BCUT2D eigenvalue weighted by Crippen LogP contribution is -2.23. The number of nitrogens with zero attached hydrogens (tertiary/aromatic N) is 2. The molecule has 1 N–H and O–H groups in total. The van der Waals surface area contributed by atoms with Gasteiger partial charge in [-0.15, -0.1) is 0 Å². The molecule has 1 heterocycles. The number of nitrogens with one attached hydrogen (secondary N) is 1. The fourth-order valence-corrected chi connectivity index (χ4v) is 2.12. The summed E-state index contributed by atoms with van der Waals surface area (Å²) in [6.07, 6.45) is -4.04. The van der Waals surface area contributed by atoms with E-state index in [-0.39, 0.29) is 17.4 Å². The topological polar surface area (TPSA) is 51.0 Å². The Bertz CT molecular complexity index is 627. The van der Waals surface area contributed by atoms with Crippen molar-refractivity contribution in [3.8, 4) is 11.4 Å². The summed E-state index contributed by atoms with van der Waals surface area (Å²) in [7, 11) is 1.78. The lowest BCUT2D eigenvalue weighted by Gasteiger charge is -2.10. The van der Waals surface area contributed by atoms with Crippen LogP contribution >= 0.6 is 15.9 Å². The molecule has 8 heteroatoms. The highest BCUT2D eigenvalue weighted by atomic mass is 79.9. The van der Waals surface area contributed by atoms with Gasteiger partial charge in [0.1, 0.15) is 0 Å². The first-order valence-electron chi connectivity index (χ1n) is 6.18. The SMILES string of the molecule is CNC(C)Cc1nc(-c2ccc(Br)cc2C(F)(F)F)no1. The Morgan fingerprint density at radius 1 is 1.38 bits per heavy atom. The second-order valence-electron chi connectivity index (χ2n) is 4.59. The maximum absolute atomic E-state index is 13.1. The Morgan fingerprint density at radius 2 is 2.10 bits per heavy atom. The minimum Gasteiger partial charge on any atom is -0.339 e. The summed E-state index contributed by atoms with van der Waals surface area (Å²) >= 11 is 3.04. The first-order valence-corrected chi connectivity index (χ1v) is 6.97. The minimum atomic E-state index is -4.49. The Morgan fingerprint density at radius 3 is 2.71 bits per heavy atom. The summed E-state index contributed by atoms with van der Waals surface area (Å²) < 4.78 is 44.6. The highest BCUT2D eigenvalue weighted by Crippen LogP contribution is 2.37. The van der Waals surface area contributed by atoms with Gasteiger partial charge in [-0.3, -0.25) is 0 Å². The standard InChI is InChI=1S/C13H13BrF3N3O/c1-7(18-2)5-11-19-12(20-21-11)9-4-3-8(14)6-10(9)13(15,16)17/h3-4,6-7,18H,5H2,1-2H3. The van der Waals surface area contributed by atoms with Crippen molar-refractivity contribution in [1.82, 2.24) is 15.5 Å². The van der Waals surface area contributed by atoms with Crippen molar-refractivity contribution in [2.24, 2.45) is 0 Å². The molecule has 2 aromatic rings. The number of aromatic nitrogens is 2. The predicted octanol–water partition coefficient (Wildman–Crippen LogP) is 3.67. The van der Waals surface area contributed by atoms with E-state index in [0.29, 0.717) is 16.8 Å². The van der Waals surface area contributed by atoms with Crippen LogP contribution in [0.15, 0.2) is 27.2 Å². The van der Waals surface area contributed by atoms with Gasteiger partial charge in [-0.2, -0.15) is 18.2 Å². The molecule has 4 nitrogen and oxygen atoms in total. The van der Waals surface area contributed by atoms with Crippen LogP contribution in [0.1, 0.15) is 18.4 Å². The quantitative estimate of drug-likeness (QED) is 0.900. The molecule has 0 aliphatic carbocycles. The van der Waals surface area contributed by atoms with Crippen molar-refractivity contribution < 1.29 is 17.7 Å². The molecular weight excluding hydrogens is 351 g/mol. The molecule has 1 unspecified atom stereocenters. The van der Waals surface area contributed by atoms with Crippen molar-refractivity contribution in [3.63, 3.8) is 0 Å². The molecule has 1 aromatic heterocycles. The van der Waals surface area contributed by atoms with Crippen LogP contribution in [-0.4, -0.2) is 23.2 Å². The number of likely N-dealkylation sites (N-methyl/N-ethyl adjacent to an activating group) is 1. The third kappa shape index (κ3) is 3.82. The molecule has 1 aromatic carbocycles. The van der Waals surface area contributed by atoms with Crippen LogP contribution in [-0.2, 0) is 12.6 Å². The van der Waals surface area contributed by atoms with Crippen LogP contribution in [0.3, 0.4) is 0 Å². The largest absolute Gasteiger partial charge is 0.417 e. The second-order valence-corrected chi connectivity index (χ2v) is 5.51. The summed E-state index contributed by atoms with van der Waals surface area (Å²) in [6.45, 7) is 1.91.